The third-order valence-electron chi connectivity index (χ3n) is 11.9. The highest BCUT2D eigenvalue weighted by molar-refractivity contribution is 5.87. The number of rotatable bonds is 47. The number of carbonyl (C=O) groups is 4. The topological polar surface area (TPSA) is 142 Å². The van der Waals surface area contributed by atoms with Crippen LogP contribution in [0, 0.1) is 0 Å². The van der Waals surface area contributed by atoms with Gasteiger partial charge in [-0.15, -0.1) is 0 Å². The Labute approximate surface area is 363 Å². The van der Waals surface area contributed by atoms with E-state index in [1.807, 2.05) is 0 Å². The predicted octanol–water partition coefficient (Wildman–Crippen LogP) is 13.2. The number of ether oxygens (including phenoxy) is 1. The van der Waals surface area contributed by atoms with Gasteiger partial charge in [0, 0.05) is 12.8 Å². The van der Waals surface area contributed by atoms with Crippen molar-refractivity contribution in [3.05, 3.63) is 0 Å². The van der Waals surface area contributed by atoms with E-state index in [0.29, 0.717) is 19.3 Å². The van der Waals surface area contributed by atoms with E-state index in [-0.39, 0.29) is 24.5 Å². The fourth-order valence-corrected chi connectivity index (χ4v) is 7.95. The summed E-state index contributed by atoms with van der Waals surface area (Å²) < 4.78 is 6.07. The summed E-state index contributed by atoms with van der Waals surface area (Å²) in [6, 6.07) is -1.38. The Kier molecular flexibility index (Phi) is 43.7. The Morgan fingerprint density at radius 1 is 0.441 bits per heavy atom. The van der Waals surface area contributed by atoms with Crippen LogP contribution < -0.4 is 10.6 Å². The van der Waals surface area contributed by atoms with Crippen molar-refractivity contribution in [2.24, 2.45) is 0 Å². The summed E-state index contributed by atoms with van der Waals surface area (Å²) in [5.74, 6) is -2.26. The van der Waals surface area contributed by atoms with Gasteiger partial charge in [0.2, 0.25) is 11.8 Å². The Bertz CT molecular complexity index is 962. The highest BCUT2D eigenvalue weighted by atomic mass is 16.5. The van der Waals surface area contributed by atoms with E-state index in [0.717, 1.165) is 57.8 Å². The lowest BCUT2D eigenvalue weighted by Crippen LogP contribution is -2.47. The smallest absolute Gasteiger partial charge is 0.328 e. The molecular weight excluding hydrogens is 741 g/mol. The molecule has 0 aliphatic carbocycles. The molecule has 9 heteroatoms. The van der Waals surface area contributed by atoms with Crippen molar-refractivity contribution in [1.82, 2.24) is 10.6 Å². The maximum Gasteiger partial charge on any atom is 0.328 e. The molecule has 0 aromatic carbocycles. The molecule has 0 aliphatic heterocycles. The zero-order chi connectivity index (χ0) is 43.3. The highest BCUT2D eigenvalue weighted by Crippen LogP contribution is 2.20. The van der Waals surface area contributed by atoms with Crippen molar-refractivity contribution in [1.29, 1.82) is 0 Å². The summed E-state index contributed by atoms with van der Waals surface area (Å²) in [7, 11) is 0. The molecule has 0 aromatic rings. The molecule has 2 unspecified atom stereocenters. The van der Waals surface area contributed by atoms with Crippen molar-refractivity contribution >= 4 is 23.8 Å². The number of aliphatic carboxylic acids is 1. The Morgan fingerprint density at radius 2 is 0.763 bits per heavy atom. The first-order valence-corrected chi connectivity index (χ1v) is 25.4. The molecule has 0 heterocycles. The van der Waals surface area contributed by atoms with Crippen molar-refractivity contribution in [2.45, 2.75) is 283 Å². The van der Waals surface area contributed by atoms with Crippen molar-refractivity contribution in [3.8, 4) is 0 Å². The van der Waals surface area contributed by atoms with E-state index >= 15 is 0 Å². The van der Waals surface area contributed by atoms with Crippen LogP contribution in [0.25, 0.3) is 0 Å². The van der Waals surface area contributed by atoms with Gasteiger partial charge in [0.25, 0.3) is 0 Å². The first-order chi connectivity index (χ1) is 28.8. The Hall–Kier alpha value is -2.16. The maximum atomic E-state index is 12.9. The van der Waals surface area contributed by atoms with Crippen LogP contribution in [0.15, 0.2) is 0 Å². The molecular formula is C50H96N2O7. The van der Waals surface area contributed by atoms with E-state index in [9.17, 15) is 19.2 Å². The monoisotopic (exact) mass is 837 g/mol. The standard InChI is InChI=1S/C50H96N2O7/c1-3-5-7-9-11-13-15-17-19-21-23-25-27-29-34-38-42-49(56)59-45(39-35-31-28-26-24-22-20-18-16-14-12-10-8-6-4-2)40-36-32-30-33-37-41-47(54)51-43-48(55)52-46(44-53)50(57)58/h45-46,53H,3-44H2,1-2H3,(H,51,54)(H,52,55)(H,57,58). The summed E-state index contributed by atoms with van der Waals surface area (Å²) in [4.78, 5) is 47.8. The van der Waals surface area contributed by atoms with Gasteiger partial charge in [0.1, 0.15) is 12.1 Å². The molecule has 4 N–H and O–H groups in total. The molecule has 9 nitrogen and oxygen atoms in total. The van der Waals surface area contributed by atoms with Crippen molar-refractivity contribution in [3.63, 3.8) is 0 Å². The summed E-state index contributed by atoms with van der Waals surface area (Å²) in [5.41, 5.74) is 0. The molecule has 0 bridgehead atoms. The molecule has 0 aliphatic rings. The average molecular weight is 837 g/mol. The Morgan fingerprint density at radius 3 is 1.10 bits per heavy atom. The van der Waals surface area contributed by atoms with Gasteiger partial charge in [-0.25, -0.2) is 4.79 Å². The largest absolute Gasteiger partial charge is 0.480 e. The SMILES string of the molecule is CCCCCCCCCCCCCCCCCCC(=O)OC(CCCCCCCCCCCCCCCCC)CCCCCCCC(=O)NCC(=O)NC(CO)C(=O)O. The number of aliphatic hydroxyl groups excluding tert-OH is 1. The molecule has 0 spiro atoms. The Balaban J connectivity index is 4.26. The van der Waals surface area contributed by atoms with Crippen molar-refractivity contribution < 1.29 is 34.1 Å². The predicted molar refractivity (Wildman–Crippen MR) is 246 cm³/mol. The van der Waals surface area contributed by atoms with Gasteiger partial charge in [0.15, 0.2) is 0 Å². The summed E-state index contributed by atoms with van der Waals surface area (Å²) in [5, 5.41) is 22.6. The van der Waals surface area contributed by atoms with E-state index in [1.54, 1.807) is 0 Å². The first-order valence-electron chi connectivity index (χ1n) is 25.4. The van der Waals surface area contributed by atoms with Gasteiger partial charge < -0.3 is 25.6 Å². The zero-order valence-electron chi connectivity index (χ0n) is 38.8. The van der Waals surface area contributed by atoms with E-state index in [2.05, 4.69) is 24.5 Å². The highest BCUT2D eigenvalue weighted by Gasteiger charge is 2.19. The number of amides is 2. The minimum atomic E-state index is -1.38. The molecule has 0 radical (unpaired) electrons. The molecule has 0 fully saturated rings. The van der Waals surface area contributed by atoms with Crippen LogP contribution in [0.5, 0.6) is 0 Å². The molecule has 0 saturated heterocycles. The number of nitrogens with one attached hydrogen (secondary N) is 2. The van der Waals surface area contributed by atoms with E-state index in [1.165, 1.54) is 180 Å². The second-order valence-electron chi connectivity index (χ2n) is 17.6. The van der Waals surface area contributed by atoms with Crippen LogP contribution in [-0.4, -0.2) is 59.3 Å². The van der Waals surface area contributed by atoms with Gasteiger partial charge in [-0.1, -0.05) is 219 Å². The maximum absolute atomic E-state index is 12.9. The van der Waals surface area contributed by atoms with Gasteiger partial charge in [-0.2, -0.15) is 0 Å². The van der Waals surface area contributed by atoms with Crippen LogP contribution in [0.1, 0.15) is 271 Å². The minimum absolute atomic E-state index is 0.00554. The number of hydrogen-bond donors (Lipinski definition) is 4. The number of unbranched alkanes of at least 4 members (excludes halogenated alkanes) is 33. The van der Waals surface area contributed by atoms with Gasteiger partial charge in [-0.05, 0) is 38.5 Å². The van der Waals surface area contributed by atoms with Crippen molar-refractivity contribution in [2.75, 3.05) is 13.2 Å². The summed E-state index contributed by atoms with van der Waals surface area (Å²) in [6.45, 7) is 3.53. The molecule has 348 valence electrons. The van der Waals surface area contributed by atoms with Gasteiger partial charge >= 0.3 is 11.9 Å². The minimum Gasteiger partial charge on any atom is -0.480 e. The van der Waals surface area contributed by atoms with E-state index in [4.69, 9.17) is 14.9 Å². The fraction of sp³-hybridized carbons (Fsp3) is 0.920. The molecule has 0 aromatic heterocycles. The lowest BCUT2D eigenvalue weighted by Gasteiger charge is -2.18. The van der Waals surface area contributed by atoms with E-state index < -0.39 is 24.5 Å². The lowest BCUT2D eigenvalue weighted by atomic mass is 10.0. The number of carboxylic acid groups (broad SMARTS) is 1. The normalized spacial score (nSPS) is 12.3. The molecule has 2 amide bonds. The molecule has 2 atom stereocenters. The second-order valence-corrected chi connectivity index (χ2v) is 17.6. The summed E-state index contributed by atoms with van der Waals surface area (Å²) in [6.07, 6.45) is 48.5. The van der Waals surface area contributed by atoms with Crippen LogP contribution >= 0.6 is 0 Å². The van der Waals surface area contributed by atoms with Crippen LogP contribution in [-0.2, 0) is 23.9 Å². The first kappa shape index (κ1) is 56.8. The lowest BCUT2D eigenvalue weighted by molar-refractivity contribution is -0.150. The fourth-order valence-electron chi connectivity index (χ4n) is 7.95. The second kappa shape index (κ2) is 45.4. The van der Waals surface area contributed by atoms with Crippen LogP contribution in [0.4, 0.5) is 0 Å². The number of carbonyl (C=O) groups excluding carboxylic acids is 3. The number of aliphatic hydroxyl groups is 1. The van der Waals surface area contributed by atoms with Gasteiger partial charge in [0.05, 0.1) is 13.2 Å². The quantitative estimate of drug-likeness (QED) is 0.0353. The van der Waals surface area contributed by atoms with Crippen LogP contribution in [0.2, 0.25) is 0 Å². The molecule has 59 heavy (non-hydrogen) atoms. The third kappa shape index (κ3) is 42.3. The summed E-state index contributed by atoms with van der Waals surface area (Å²) >= 11 is 0. The number of carboxylic acids is 1. The number of esters is 1. The average Bonchev–Trinajstić information content (AvgIpc) is 3.22. The molecule has 0 rings (SSSR count). The zero-order valence-corrected chi connectivity index (χ0v) is 38.8. The third-order valence-corrected chi connectivity index (χ3v) is 11.9. The molecule has 0 saturated carbocycles. The number of hydrogen-bond acceptors (Lipinski definition) is 6. The van der Waals surface area contributed by atoms with Crippen LogP contribution in [0.3, 0.4) is 0 Å². The van der Waals surface area contributed by atoms with Gasteiger partial charge in [-0.3, -0.25) is 14.4 Å².